The van der Waals surface area contributed by atoms with Gasteiger partial charge in [-0.2, -0.15) is 15.5 Å². The van der Waals surface area contributed by atoms with Crippen molar-refractivity contribution in [3.63, 3.8) is 0 Å². The average Bonchev–Trinajstić information content (AvgIpc) is 2.78. The molecule has 1 heterocycles. The van der Waals surface area contributed by atoms with Gasteiger partial charge in [0.1, 0.15) is 5.82 Å². The van der Waals surface area contributed by atoms with Gasteiger partial charge in [-0.05, 0) is 78.9 Å². The van der Waals surface area contributed by atoms with Gasteiger partial charge < -0.3 is 10.6 Å². The summed E-state index contributed by atoms with van der Waals surface area (Å²) in [7, 11) is 0. The van der Waals surface area contributed by atoms with Crippen LogP contribution in [0.2, 0.25) is 0 Å². The van der Waals surface area contributed by atoms with Crippen LogP contribution in [-0.4, -0.2) is 9.97 Å². The van der Waals surface area contributed by atoms with Crippen molar-refractivity contribution in [1.82, 2.24) is 9.97 Å². The zero-order valence-electron chi connectivity index (χ0n) is 21.8. The van der Waals surface area contributed by atoms with Crippen molar-refractivity contribution in [1.29, 1.82) is 10.5 Å². The van der Waals surface area contributed by atoms with Gasteiger partial charge in [0, 0.05) is 27.7 Å². The Morgan fingerprint density at radius 2 is 1.93 bits per heavy atom. The number of anilines is 4. The lowest BCUT2D eigenvalue weighted by Crippen LogP contribution is -2.02. The fourth-order valence-corrected chi connectivity index (χ4v) is 2.37. The number of nitrogens with zero attached hydrogens (tertiary/aromatic N) is 4. The van der Waals surface area contributed by atoms with Crippen LogP contribution in [-0.2, 0) is 0 Å². The summed E-state index contributed by atoms with van der Waals surface area (Å²) in [5, 5.41) is 23.3. The maximum absolute atomic E-state index is 9.00. The maximum atomic E-state index is 9.00. The summed E-state index contributed by atoms with van der Waals surface area (Å²) in [6, 6.07) is 8.58. The summed E-state index contributed by atoms with van der Waals surface area (Å²) in [4.78, 5) is 8.04. The summed E-state index contributed by atoms with van der Waals surface area (Å²) in [5.74, 6) is -0.352. The molecule has 0 aliphatic heterocycles. The van der Waals surface area contributed by atoms with Gasteiger partial charge in [-0.1, -0.05) is 0 Å². The zero-order chi connectivity index (χ0) is 25.9. The number of aromatic nitrogens is 2. The van der Waals surface area contributed by atoms with Crippen LogP contribution in [0, 0.1) is 36.4 Å². The van der Waals surface area contributed by atoms with Crippen LogP contribution < -0.4 is 10.6 Å². The van der Waals surface area contributed by atoms with E-state index in [1.807, 2.05) is 12.1 Å². The second-order valence-electron chi connectivity index (χ2n) is 5.62. The lowest BCUT2D eigenvalue weighted by Gasteiger charge is -2.14. The van der Waals surface area contributed by atoms with E-state index in [0.29, 0.717) is 11.1 Å². The van der Waals surface area contributed by atoms with Crippen molar-refractivity contribution >= 4 is 29.2 Å². The van der Waals surface area contributed by atoms with Crippen LogP contribution in [0.1, 0.15) is 31.8 Å². The molecule has 2 N–H and O–H groups in total. The number of nitrogens with one attached hydrogen (secondary N) is 2. The second-order valence-corrected chi connectivity index (χ2v) is 5.62. The van der Waals surface area contributed by atoms with E-state index in [-0.39, 0.29) is 46.4 Å². The molecule has 6 heteroatoms. The third kappa shape index (κ3) is 4.51. The lowest BCUT2D eigenvalue weighted by atomic mass is 10.0. The van der Waals surface area contributed by atoms with E-state index in [1.165, 1.54) is 30.4 Å². The maximum Gasteiger partial charge on any atom is 0.229 e. The molecule has 1 aromatic heterocycles. The van der Waals surface area contributed by atoms with Crippen molar-refractivity contribution in [2.45, 2.75) is 13.8 Å². The summed E-state index contributed by atoms with van der Waals surface area (Å²) in [6.07, 6.45) is 2.23. The van der Waals surface area contributed by atoms with E-state index >= 15 is 0 Å². The molecule has 0 unspecified atom stereocenters. The Morgan fingerprint density at radius 3 is 2.64 bits per heavy atom. The number of hydrogen-bond acceptors (Lipinski definition) is 6. The first kappa shape index (κ1) is 11.5. The molecule has 0 amide bonds. The predicted octanol–water partition coefficient (Wildman–Crippen LogP) is 4.99. The Balaban J connectivity index is 2.08. The molecule has 0 radical (unpaired) electrons. The lowest BCUT2D eigenvalue weighted by molar-refractivity contribution is 1.16. The molecule has 0 saturated heterocycles. The van der Waals surface area contributed by atoms with E-state index < -0.39 is 19.1 Å². The van der Waals surface area contributed by atoms with Crippen LogP contribution in [0.15, 0.2) is 54.6 Å². The molecule has 0 saturated carbocycles. The first-order valence-electron chi connectivity index (χ1n) is 11.6. The number of hydrogen-bond donors (Lipinski definition) is 2. The molecule has 0 fully saturated rings. The van der Waals surface area contributed by atoms with Gasteiger partial charge in [-0.3, -0.25) is 0 Å². The predicted molar refractivity (Wildman–Crippen MR) is 110 cm³/mol. The highest BCUT2D eigenvalue weighted by molar-refractivity contribution is 5.69. The van der Waals surface area contributed by atoms with Crippen molar-refractivity contribution in [2.75, 3.05) is 10.6 Å². The smallest absolute Gasteiger partial charge is 0.229 e. The highest BCUT2D eigenvalue weighted by Gasteiger charge is 2.07. The first-order chi connectivity index (χ1) is 16.4. The molecule has 0 aliphatic rings. The molecule has 6 nitrogen and oxygen atoms in total. The van der Waals surface area contributed by atoms with Gasteiger partial charge in [0.2, 0.25) is 5.95 Å². The minimum Gasteiger partial charge on any atom is -0.340 e. The van der Waals surface area contributed by atoms with Crippen molar-refractivity contribution in [3.05, 3.63) is 76.9 Å². The fraction of sp³-hybridized carbons (Fsp3) is 0.0909. The summed E-state index contributed by atoms with van der Waals surface area (Å²) in [6.45, 7) is -0.880. The summed E-state index contributed by atoms with van der Waals surface area (Å²) >= 11 is 0. The minimum atomic E-state index is -2.54. The minimum absolute atomic E-state index is 0.0000691. The van der Waals surface area contributed by atoms with Gasteiger partial charge >= 0.3 is 0 Å². The van der Waals surface area contributed by atoms with Crippen LogP contribution in [0.5, 0.6) is 0 Å². The molecule has 0 spiro atoms. The fourth-order valence-electron chi connectivity index (χ4n) is 2.37. The highest BCUT2D eigenvalue weighted by Crippen LogP contribution is 2.26. The normalized spacial score (nSPS) is 14.3. The topological polar surface area (TPSA) is 97.4 Å². The van der Waals surface area contributed by atoms with Crippen LogP contribution in [0.3, 0.4) is 0 Å². The first-order valence-corrected chi connectivity index (χ1v) is 8.06. The van der Waals surface area contributed by atoms with Gasteiger partial charge in [-0.25, -0.2) is 4.98 Å². The zero-order valence-corrected chi connectivity index (χ0v) is 14.8. The summed E-state index contributed by atoms with van der Waals surface area (Å²) in [5.41, 5.74) is 1.24. The molecule has 3 rings (SSSR count). The Hall–Kier alpha value is -4.16. The molecular weight excluding hydrogens is 348 g/mol. The van der Waals surface area contributed by atoms with E-state index in [2.05, 4.69) is 20.6 Å². The molecule has 136 valence electrons. The van der Waals surface area contributed by atoms with Gasteiger partial charge in [0.05, 0.1) is 23.2 Å². The largest absolute Gasteiger partial charge is 0.340 e. The standard InChI is InChI=1S/C22H18N6/c1-15-12-18(4-3-10-23)13-16(2)21(15)27-20-9-11-25-22(28-20)26-19-7-5-17(14-24)6-8-19/h3-9,11-13H,1-2H3,(H2,25,26,27,28)/b4-3+/i1D3,7D,8D,9D,11D. The highest BCUT2D eigenvalue weighted by atomic mass is 15.1. The van der Waals surface area contributed by atoms with Crippen molar-refractivity contribution in [3.8, 4) is 12.1 Å². The number of benzene rings is 2. The second kappa shape index (κ2) is 8.48. The molecule has 28 heavy (non-hydrogen) atoms. The van der Waals surface area contributed by atoms with Gasteiger partial charge in [0.15, 0.2) is 0 Å². The van der Waals surface area contributed by atoms with E-state index in [0.717, 1.165) is 0 Å². The molecule has 0 aliphatic carbocycles. The van der Waals surface area contributed by atoms with E-state index in [9.17, 15) is 0 Å². The Kier molecular flexibility index (Phi) is 3.49. The Labute approximate surface area is 173 Å². The number of allylic oxidation sites excluding steroid dienone is 1. The Morgan fingerprint density at radius 1 is 1.14 bits per heavy atom. The van der Waals surface area contributed by atoms with E-state index in [4.69, 9.17) is 20.1 Å². The monoisotopic (exact) mass is 373 g/mol. The van der Waals surface area contributed by atoms with Gasteiger partial charge in [-0.15, -0.1) is 0 Å². The molecule has 0 atom stereocenters. The van der Waals surface area contributed by atoms with Crippen LogP contribution in [0.25, 0.3) is 6.08 Å². The Bertz CT molecular complexity index is 1390. The molecule has 2 aromatic carbocycles. The number of aryl methyl sites for hydroxylation is 2. The molecule has 0 bridgehead atoms. The average molecular weight is 373 g/mol. The summed E-state index contributed by atoms with van der Waals surface area (Å²) < 4.78 is 56.1. The third-order valence-electron chi connectivity index (χ3n) is 3.62. The third-order valence-corrected chi connectivity index (χ3v) is 3.62. The van der Waals surface area contributed by atoms with Crippen LogP contribution in [0.4, 0.5) is 23.1 Å². The molecule has 3 aromatic rings. The quantitative estimate of drug-likeness (QED) is 0.612. The number of rotatable bonds is 5. The van der Waals surface area contributed by atoms with Crippen LogP contribution >= 0.6 is 0 Å². The SMILES string of the molecule is [2H]c1cc(C#N)cc([2H])c1Nc1nc([2H])c([2H])c(Nc2c(C)cc(/C=C/C#N)cc2C([2H])([2H])[2H])n1. The number of nitriles is 2. The molecular formula is C22H18N6. The van der Waals surface area contributed by atoms with E-state index in [1.54, 1.807) is 13.0 Å². The van der Waals surface area contributed by atoms with Crippen molar-refractivity contribution < 1.29 is 9.60 Å². The van der Waals surface area contributed by atoms with Gasteiger partial charge in [0.25, 0.3) is 0 Å². The van der Waals surface area contributed by atoms with Crippen molar-refractivity contribution in [2.24, 2.45) is 0 Å².